The Morgan fingerprint density at radius 1 is 1.11 bits per heavy atom. The minimum Gasteiger partial charge on any atom is -0.462 e. The predicted molar refractivity (Wildman–Crippen MR) is 111 cm³/mol. The van der Waals surface area contributed by atoms with Crippen LogP contribution in [-0.4, -0.2) is 24.1 Å². The molecule has 4 heteroatoms. The van der Waals surface area contributed by atoms with Gasteiger partial charge in [-0.2, -0.15) is 0 Å². The lowest BCUT2D eigenvalue weighted by molar-refractivity contribution is 0.0526. The Hall–Kier alpha value is -2.33. The second kappa shape index (κ2) is 8.13. The van der Waals surface area contributed by atoms with Crippen LogP contribution < -0.4 is 0 Å². The number of benzene rings is 2. The van der Waals surface area contributed by atoms with Crippen LogP contribution in [0.4, 0.5) is 0 Å². The zero-order valence-electron chi connectivity index (χ0n) is 16.0. The van der Waals surface area contributed by atoms with Crippen LogP contribution in [0.15, 0.2) is 53.4 Å². The second-order valence-corrected chi connectivity index (χ2v) is 8.37. The van der Waals surface area contributed by atoms with Crippen LogP contribution in [0.25, 0.3) is 6.08 Å². The first-order chi connectivity index (χ1) is 12.9. The lowest BCUT2D eigenvalue weighted by atomic mass is 9.81. The van der Waals surface area contributed by atoms with E-state index >= 15 is 0 Å². The van der Waals surface area contributed by atoms with Crippen molar-refractivity contribution in [1.29, 1.82) is 0 Å². The number of carbonyl (C=O) groups excluding carboxylic acids is 2. The second-order valence-electron chi connectivity index (χ2n) is 7.23. The van der Waals surface area contributed by atoms with Crippen molar-refractivity contribution in [1.82, 2.24) is 0 Å². The van der Waals surface area contributed by atoms with E-state index in [1.54, 1.807) is 31.2 Å². The van der Waals surface area contributed by atoms with E-state index in [4.69, 9.17) is 4.74 Å². The maximum atomic E-state index is 12.6. The summed E-state index contributed by atoms with van der Waals surface area (Å²) >= 11 is 1.86. The van der Waals surface area contributed by atoms with Crippen LogP contribution in [0.1, 0.15) is 59.0 Å². The number of esters is 1. The van der Waals surface area contributed by atoms with Gasteiger partial charge in [-0.1, -0.05) is 32.1 Å². The average Bonchev–Trinajstić information content (AvgIpc) is 2.66. The van der Waals surface area contributed by atoms with E-state index in [0.717, 1.165) is 17.7 Å². The number of allylic oxidation sites excluding steroid dienone is 1. The van der Waals surface area contributed by atoms with Gasteiger partial charge in [0.1, 0.15) is 0 Å². The lowest BCUT2D eigenvalue weighted by Crippen LogP contribution is -2.23. The van der Waals surface area contributed by atoms with Crippen LogP contribution in [0.3, 0.4) is 0 Å². The maximum Gasteiger partial charge on any atom is 0.338 e. The molecule has 1 heterocycles. The molecular formula is C23H24O3S. The molecule has 0 spiro atoms. The van der Waals surface area contributed by atoms with Crippen LogP contribution in [0.5, 0.6) is 0 Å². The summed E-state index contributed by atoms with van der Waals surface area (Å²) in [4.78, 5) is 25.6. The fraction of sp³-hybridized carbons (Fsp3) is 0.304. The minimum atomic E-state index is -0.335. The van der Waals surface area contributed by atoms with Crippen molar-refractivity contribution >= 4 is 29.6 Å². The number of ether oxygens (including phenoxy) is 1. The van der Waals surface area contributed by atoms with Crippen LogP contribution in [-0.2, 0) is 10.2 Å². The van der Waals surface area contributed by atoms with Gasteiger partial charge in [0, 0.05) is 10.5 Å². The van der Waals surface area contributed by atoms with Gasteiger partial charge in [0.2, 0.25) is 0 Å². The molecule has 0 saturated carbocycles. The third-order valence-corrected chi connectivity index (χ3v) is 5.90. The summed E-state index contributed by atoms with van der Waals surface area (Å²) in [5.74, 6) is 0.770. The Morgan fingerprint density at radius 3 is 2.52 bits per heavy atom. The van der Waals surface area contributed by atoms with Gasteiger partial charge in [0.25, 0.3) is 0 Å². The number of hydrogen-bond donors (Lipinski definition) is 0. The zero-order valence-corrected chi connectivity index (χ0v) is 16.8. The molecule has 2 aromatic carbocycles. The summed E-state index contributed by atoms with van der Waals surface area (Å²) < 4.78 is 4.97. The summed E-state index contributed by atoms with van der Waals surface area (Å²) in [6.07, 6.45) is 4.48. The van der Waals surface area contributed by atoms with Crippen molar-refractivity contribution in [3.05, 3.63) is 70.8 Å². The Kier molecular flexibility index (Phi) is 5.85. The van der Waals surface area contributed by atoms with E-state index in [-0.39, 0.29) is 17.2 Å². The highest BCUT2D eigenvalue weighted by molar-refractivity contribution is 7.99. The molecule has 0 N–H and O–H groups in total. The largest absolute Gasteiger partial charge is 0.462 e. The van der Waals surface area contributed by atoms with Crippen molar-refractivity contribution in [2.45, 2.75) is 37.5 Å². The highest BCUT2D eigenvalue weighted by atomic mass is 32.2. The molecule has 0 aliphatic carbocycles. The van der Waals surface area contributed by atoms with Crippen LogP contribution >= 0.6 is 11.8 Å². The van der Waals surface area contributed by atoms with Crippen molar-refractivity contribution in [2.24, 2.45) is 0 Å². The molecule has 0 amide bonds. The molecule has 0 unspecified atom stereocenters. The Bertz CT molecular complexity index is 879. The molecule has 1 aliphatic heterocycles. The monoisotopic (exact) mass is 380 g/mol. The lowest BCUT2D eigenvalue weighted by Gasteiger charge is -2.32. The molecule has 27 heavy (non-hydrogen) atoms. The maximum absolute atomic E-state index is 12.6. The first-order valence-corrected chi connectivity index (χ1v) is 10.2. The molecule has 0 radical (unpaired) electrons. The minimum absolute atomic E-state index is 0.0151. The Labute approximate surface area is 164 Å². The summed E-state index contributed by atoms with van der Waals surface area (Å²) in [7, 11) is 0. The molecule has 3 nitrogen and oxygen atoms in total. The highest BCUT2D eigenvalue weighted by Crippen LogP contribution is 2.41. The fourth-order valence-corrected chi connectivity index (χ4v) is 4.59. The molecular weight excluding hydrogens is 356 g/mol. The predicted octanol–water partition coefficient (Wildman–Crippen LogP) is 5.53. The molecule has 0 bridgehead atoms. The van der Waals surface area contributed by atoms with Crippen LogP contribution in [0.2, 0.25) is 0 Å². The molecule has 2 aromatic rings. The first kappa shape index (κ1) is 19.4. The SMILES string of the molecule is CCOC(=O)c1ccc(C=CC(=O)c2ccc3c(c2)C(C)(C)CCS3)cc1. The first-order valence-electron chi connectivity index (χ1n) is 9.17. The fourth-order valence-electron chi connectivity index (χ4n) is 3.10. The molecule has 0 atom stereocenters. The summed E-state index contributed by atoms with van der Waals surface area (Å²) in [6, 6.07) is 13.0. The van der Waals surface area contributed by atoms with Crippen molar-refractivity contribution in [3.8, 4) is 0 Å². The van der Waals surface area contributed by atoms with Gasteiger partial charge in [-0.05, 0) is 72.0 Å². The van der Waals surface area contributed by atoms with E-state index in [1.807, 2.05) is 36.0 Å². The molecule has 1 aliphatic rings. The molecule has 0 saturated heterocycles. The summed E-state index contributed by atoms with van der Waals surface area (Å²) in [6.45, 7) is 6.60. The van der Waals surface area contributed by atoms with Crippen molar-refractivity contribution in [2.75, 3.05) is 12.4 Å². The third-order valence-electron chi connectivity index (χ3n) is 4.83. The van der Waals surface area contributed by atoms with E-state index in [9.17, 15) is 9.59 Å². The Morgan fingerprint density at radius 2 is 1.81 bits per heavy atom. The number of rotatable bonds is 5. The van der Waals surface area contributed by atoms with E-state index in [1.165, 1.54) is 10.5 Å². The average molecular weight is 381 g/mol. The van der Waals surface area contributed by atoms with Crippen molar-refractivity contribution in [3.63, 3.8) is 0 Å². The highest BCUT2D eigenvalue weighted by Gasteiger charge is 2.28. The van der Waals surface area contributed by atoms with Gasteiger partial charge in [0.05, 0.1) is 12.2 Å². The van der Waals surface area contributed by atoms with Gasteiger partial charge >= 0.3 is 5.97 Å². The molecule has 0 fully saturated rings. The van der Waals surface area contributed by atoms with E-state index < -0.39 is 0 Å². The number of fused-ring (bicyclic) bond motifs is 1. The number of hydrogen-bond acceptors (Lipinski definition) is 4. The molecule has 140 valence electrons. The van der Waals surface area contributed by atoms with E-state index in [0.29, 0.717) is 17.7 Å². The van der Waals surface area contributed by atoms with Gasteiger partial charge in [-0.3, -0.25) is 4.79 Å². The number of ketones is 1. The number of thioether (sulfide) groups is 1. The quantitative estimate of drug-likeness (QED) is 0.388. The molecule has 0 aromatic heterocycles. The van der Waals surface area contributed by atoms with E-state index in [2.05, 4.69) is 19.9 Å². The van der Waals surface area contributed by atoms with Crippen molar-refractivity contribution < 1.29 is 14.3 Å². The van der Waals surface area contributed by atoms with Gasteiger partial charge in [0.15, 0.2) is 5.78 Å². The van der Waals surface area contributed by atoms with Gasteiger partial charge < -0.3 is 4.74 Å². The standard InChI is InChI=1S/C23H24O3S/c1-4-26-22(25)17-8-5-16(6-9-17)7-11-20(24)18-10-12-21-19(15-18)23(2,3)13-14-27-21/h5-12,15H,4,13-14H2,1-3H3. The smallest absolute Gasteiger partial charge is 0.338 e. The third kappa shape index (κ3) is 4.51. The summed E-state index contributed by atoms with van der Waals surface area (Å²) in [5, 5.41) is 0. The Balaban J connectivity index is 1.75. The molecule has 3 rings (SSSR count). The van der Waals surface area contributed by atoms with Crippen LogP contribution in [0, 0.1) is 0 Å². The topological polar surface area (TPSA) is 43.4 Å². The summed E-state index contributed by atoms with van der Waals surface area (Å²) in [5.41, 5.74) is 3.45. The number of carbonyl (C=O) groups is 2. The zero-order chi connectivity index (χ0) is 19.4. The van der Waals surface area contributed by atoms with Gasteiger partial charge in [-0.15, -0.1) is 11.8 Å². The van der Waals surface area contributed by atoms with Gasteiger partial charge in [-0.25, -0.2) is 4.79 Å². The normalized spacial score (nSPS) is 15.4.